The Morgan fingerprint density at radius 1 is 1.21 bits per heavy atom. The lowest BCUT2D eigenvalue weighted by Gasteiger charge is -2.11. The lowest BCUT2D eigenvalue weighted by Crippen LogP contribution is -2.10. The maximum Gasteiger partial charge on any atom is 0.372 e. The van der Waals surface area contributed by atoms with Gasteiger partial charge in [-0.25, -0.2) is 9.78 Å². The number of thioether (sulfide) groups is 1. The highest BCUT2D eigenvalue weighted by molar-refractivity contribution is 7.99. The number of carboxylic acid groups (broad SMARTS) is 1. The second-order valence-electron chi connectivity index (χ2n) is 7.45. The van der Waals surface area contributed by atoms with Crippen molar-refractivity contribution in [3.63, 3.8) is 0 Å². The summed E-state index contributed by atoms with van der Waals surface area (Å²) < 4.78 is 23.0. The van der Waals surface area contributed by atoms with E-state index in [9.17, 15) is 9.90 Å². The van der Waals surface area contributed by atoms with Crippen molar-refractivity contribution in [3.8, 4) is 23.0 Å². The predicted octanol–water partition coefficient (Wildman–Crippen LogP) is 4.92. The third-order valence-corrected chi connectivity index (χ3v) is 6.83. The highest BCUT2D eigenvalue weighted by atomic mass is 35.5. The standard InChI is InChI=1S/C23H23ClN2O6S/c1-13(11-33-15-4-5-18(29-2)19(7-15)30-3)17-10-26(22(25-17)23(27)28)9-14-6-20-21(8-16(14)24)32-12-31-20/h4-8,10,13H,9,11-12H2,1-3H3,(H,27,28). The Morgan fingerprint density at radius 3 is 2.64 bits per heavy atom. The number of rotatable bonds is 9. The molecule has 10 heteroatoms. The Morgan fingerprint density at radius 2 is 1.94 bits per heavy atom. The van der Waals surface area contributed by atoms with Gasteiger partial charge in [0.1, 0.15) is 0 Å². The molecule has 8 nitrogen and oxygen atoms in total. The molecule has 0 bridgehead atoms. The second kappa shape index (κ2) is 9.84. The maximum absolute atomic E-state index is 11.8. The predicted molar refractivity (Wildman–Crippen MR) is 125 cm³/mol. The van der Waals surface area contributed by atoms with Gasteiger partial charge in [0.2, 0.25) is 12.6 Å². The summed E-state index contributed by atoms with van der Waals surface area (Å²) in [5, 5.41) is 10.2. The van der Waals surface area contributed by atoms with Crippen molar-refractivity contribution < 1.29 is 28.8 Å². The van der Waals surface area contributed by atoms with Crippen molar-refractivity contribution >= 4 is 29.3 Å². The normalized spacial score (nSPS) is 13.1. The summed E-state index contributed by atoms with van der Waals surface area (Å²) in [6.45, 7) is 2.40. The van der Waals surface area contributed by atoms with Crippen molar-refractivity contribution in [1.82, 2.24) is 9.55 Å². The van der Waals surface area contributed by atoms with Crippen molar-refractivity contribution in [2.24, 2.45) is 0 Å². The highest BCUT2D eigenvalue weighted by Crippen LogP contribution is 2.37. The molecule has 2 aromatic carbocycles. The molecule has 0 amide bonds. The molecule has 0 radical (unpaired) electrons. The summed E-state index contributed by atoms with van der Waals surface area (Å²) in [5.74, 6) is 2.07. The molecule has 174 valence electrons. The third-order valence-electron chi connectivity index (χ3n) is 5.23. The van der Waals surface area contributed by atoms with E-state index in [1.165, 1.54) is 0 Å². The number of hydrogen-bond donors (Lipinski definition) is 1. The topological polar surface area (TPSA) is 92.0 Å². The minimum absolute atomic E-state index is 0.00896. The second-order valence-corrected chi connectivity index (χ2v) is 8.95. The van der Waals surface area contributed by atoms with E-state index < -0.39 is 5.97 Å². The minimum atomic E-state index is -1.10. The molecule has 1 aromatic heterocycles. The smallest absolute Gasteiger partial charge is 0.372 e. The molecule has 1 N–H and O–H groups in total. The molecule has 0 spiro atoms. The number of aromatic nitrogens is 2. The zero-order valence-corrected chi connectivity index (χ0v) is 19.9. The van der Waals surface area contributed by atoms with Crippen molar-refractivity contribution in [1.29, 1.82) is 0 Å². The maximum atomic E-state index is 11.8. The van der Waals surface area contributed by atoms with Gasteiger partial charge in [0.25, 0.3) is 0 Å². The number of aromatic carboxylic acids is 1. The molecule has 0 aliphatic carbocycles. The van der Waals surface area contributed by atoms with Gasteiger partial charge in [0.05, 0.1) is 26.5 Å². The molecule has 1 aliphatic rings. The molecular formula is C23H23ClN2O6S. The van der Waals surface area contributed by atoms with E-state index >= 15 is 0 Å². The largest absolute Gasteiger partial charge is 0.493 e. The molecule has 33 heavy (non-hydrogen) atoms. The zero-order valence-electron chi connectivity index (χ0n) is 18.3. The van der Waals surface area contributed by atoms with Crippen LogP contribution in [0.2, 0.25) is 5.02 Å². The first-order chi connectivity index (χ1) is 15.9. The monoisotopic (exact) mass is 490 g/mol. The van der Waals surface area contributed by atoms with Gasteiger partial charge in [-0.2, -0.15) is 0 Å². The Labute approximate surface area is 200 Å². The fourth-order valence-electron chi connectivity index (χ4n) is 3.44. The summed E-state index contributed by atoms with van der Waals surface area (Å²) >= 11 is 8.02. The molecule has 0 saturated carbocycles. The van der Waals surface area contributed by atoms with Crippen molar-refractivity contribution in [2.45, 2.75) is 24.3 Å². The van der Waals surface area contributed by atoms with Crippen molar-refractivity contribution in [2.75, 3.05) is 26.8 Å². The molecule has 0 fully saturated rings. The number of hydrogen-bond acceptors (Lipinski definition) is 7. The molecular weight excluding hydrogens is 468 g/mol. The van der Waals surface area contributed by atoms with Crippen LogP contribution in [0.25, 0.3) is 0 Å². The first-order valence-electron chi connectivity index (χ1n) is 10.1. The molecule has 1 atom stereocenters. The van der Waals surface area contributed by atoms with Crippen molar-refractivity contribution in [3.05, 3.63) is 58.6 Å². The van der Waals surface area contributed by atoms with Gasteiger partial charge in [0, 0.05) is 33.9 Å². The minimum Gasteiger partial charge on any atom is -0.493 e. The highest BCUT2D eigenvalue weighted by Gasteiger charge is 2.21. The van der Waals surface area contributed by atoms with Crippen LogP contribution < -0.4 is 18.9 Å². The number of nitrogens with zero attached hydrogens (tertiary/aromatic N) is 2. The van der Waals surface area contributed by atoms with Crippen LogP contribution in [0.4, 0.5) is 0 Å². The van der Waals surface area contributed by atoms with E-state index in [1.807, 2.05) is 25.1 Å². The number of fused-ring (bicyclic) bond motifs is 1. The Bertz CT molecular complexity index is 1180. The Kier molecular flexibility index (Phi) is 6.90. The quantitative estimate of drug-likeness (QED) is 0.422. The molecule has 3 aromatic rings. The Balaban J connectivity index is 1.51. The van der Waals surface area contributed by atoms with Crippen LogP contribution in [0.1, 0.15) is 34.7 Å². The first-order valence-corrected chi connectivity index (χ1v) is 11.5. The lowest BCUT2D eigenvalue weighted by atomic mass is 10.1. The van der Waals surface area contributed by atoms with Gasteiger partial charge < -0.3 is 28.6 Å². The van der Waals surface area contributed by atoms with Gasteiger partial charge in [-0.1, -0.05) is 18.5 Å². The molecule has 0 saturated heterocycles. The fourth-order valence-corrected chi connectivity index (χ4v) is 4.62. The van der Waals surface area contributed by atoms with Crippen LogP contribution in [0.15, 0.2) is 41.4 Å². The summed E-state index contributed by atoms with van der Waals surface area (Å²) in [7, 11) is 3.20. The van der Waals surface area contributed by atoms with Gasteiger partial charge in [-0.3, -0.25) is 0 Å². The molecule has 4 rings (SSSR count). The SMILES string of the molecule is COc1ccc(SCC(C)c2cn(Cc3cc4c(cc3Cl)OCO4)c(C(=O)O)n2)cc1OC. The zero-order chi connectivity index (χ0) is 23.5. The average Bonchev–Trinajstić information content (AvgIpc) is 3.44. The van der Waals surface area contributed by atoms with E-state index in [0.717, 1.165) is 10.5 Å². The van der Waals surface area contributed by atoms with Crippen LogP contribution in [-0.2, 0) is 6.54 Å². The lowest BCUT2D eigenvalue weighted by molar-refractivity contribution is 0.0678. The van der Waals surface area contributed by atoms with Crippen LogP contribution in [0.3, 0.4) is 0 Å². The van der Waals surface area contributed by atoms with Gasteiger partial charge >= 0.3 is 5.97 Å². The summed E-state index contributed by atoms with van der Waals surface area (Å²) in [6.07, 6.45) is 1.77. The summed E-state index contributed by atoms with van der Waals surface area (Å²) in [4.78, 5) is 17.2. The number of ether oxygens (including phenoxy) is 4. The van der Waals surface area contributed by atoms with Gasteiger partial charge in [0.15, 0.2) is 23.0 Å². The number of carboxylic acids is 1. The van der Waals surface area contributed by atoms with Crippen LogP contribution >= 0.6 is 23.4 Å². The number of halogens is 1. The van der Waals surface area contributed by atoms with Gasteiger partial charge in [-0.05, 0) is 29.8 Å². The molecule has 2 heterocycles. The van der Waals surface area contributed by atoms with E-state index in [0.29, 0.717) is 39.5 Å². The van der Waals surface area contributed by atoms with E-state index in [4.69, 9.17) is 30.5 Å². The number of carbonyl (C=O) groups is 1. The van der Waals surface area contributed by atoms with Crippen LogP contribution in [0.5, 0.6) is 23.0 Å². The Hall–Kier alpha value is -3.04. The number of methoxy groups -OCH3 is 2. The summed E-state index contributed by atoms with van der Waals surface area (Å²) in [5.41, 5.74) is 1.41. The first kappa shape index (κ1) is 23.1. The third kappa shape index (κ3) is 4.99. The number of benzene rings is 2. The molecule has 1 aliphatic heterocycles. The summed E-state index contributed by atoms with van der Waals surface area (Å²) in [6, 6.07) is 9.19. The fraction of sp³-hybridized carbons (Fsp3) is 0.304. The van der Waals surface area contributed by atoms with Crippen LogP contribution in [-0.4, -0.2) is 47.4 Å². The molecule has 1 unspecified atom stereocenters. The van der Waals surface area contributed by atoms with Crippen LogP contribution in [0, 0.1) is 0 Å². The van der Waals surface area contributed by atoms with E-state index in [1.54, 1.807) is 48.9 Å². The van der Waals surface area contributed by atoms with E-state index in [2.05, 4.69) is 4.98 Å². The number of imidazole rings is 1. The van der Waals surface area contributed by atoms with Gasteiger partial charge in [-0.15, -0.1) is 11.8 Å². The van der Waals surface area contributed by atoms with E-state index in [-0.39, 0.29) is 25.1 Å². The average molecular weight is 491 g/mol.